The van der Waals surface area contributed by atoms with Crippen LogP contribution < -0.4 is 10.5 Å². The first kappa shape index (κ1) is 18.4. The molecule has 1 saturated heterocycles. The molecule has 0 unspecified atom stereocenters. The van der Waals surface area contributed by atoms with E-state index >= 15 is 0 Å². The second kappa shape index (κ2) is 6.90. The van der Waals surface area contributed by atoms with Gasteiger partial charge in [0.05, 0.1) is 16.5 Å². The monoisotopic (exact) mass is 389 g/mol. The number of H-pyrrole nitrogens is 1. The van der Waals surface area contributed by atoms with E-state index in [4.69, 9.17) is 0 Å². The van der Waals surface area contributed by atoms with Crippen LogP contribution in [0.3, 0.4) is 0 Å². The van der Waals surface area contributed by atoms with Crippen molar-refractivity contribution in [2.24, 2.45) is 0 Å². The number of anilines is 1. The zero-order valence-corrected chi connectivity index (χ0v) is 15.1. The maximum atomic E-state index is 12.9. The second-order valence-corrected chi connectivity index (χ2v) is 6.83. The summed E-state index contributed by atoms with van der Waals surface area (Å²) >= 11 is 0. The number of nitrogens with zero attached hydrogens (tertiary/aromatic N) is 4. The standard InChI is InChI=1S/C19H18F3N5O/c1-26-6-8-27(9-7-26)13-2-3-15-14(11-13)18(28)25-17(24-15)16-10-12(4-5-23-16)19(20,21)22/h2-5,10-11H,6-9H2,1H3,(H,24,25,28). The Bertz CT molecular complexity index is 1070. The normalized spacial score (nSPS) is 15.9. The second-order valence-electron chi connectivity index (χ2n) is 6.83. The largest absolute Gasteiger partial charge is 0.416 e. The first-order valence-electron chi connectivity index (χ1n) is 8.82. The van der Waals surface area contributed by atoms with Crippen molar-refractivity contribution in [1.82, 2.24) is 19.9 Å². The summed E-state index contributed by atoms with van der Waals surface area (Å²) in [6.07, 6.45) is -3.44. The summed E-state index contributed by atoms with van der Waals surface area (Å²) < 4.78 is 38.8. The number of piperazine rings is 1. The van der Waals surface area contributed by atoms with Gasteiger partial charge in [-0.05, 0) is 37.4 Å². The number of hydrogen-bond acceptors (Lipinski definition) is 5. The fourth-order valence-corrected chi connectivity index (χ4v) is 3.25. The lowest BCUT2D eigenvalue weighted by Crippen LogP contribution is -2.44. The van der Waals surface area contributed by atoms with Crippen LogP contribution in [0.2, 0.25) is 0 Å². The van der Waals surface area contributed by atoms with E-state index in [0.717, 1.165) is 50.2 Å². The lowest BCUT2D eigenvalue weighted by Gasteiger charge is -2.34. The fourth-order valence-electron chi connectivity index (χ4n) is 3.25. The number of alkyl halides is 3. The van der Waals surface area contributed by atoms with E-state index in [1.54, 1.807) is 12.1 Å². The first-order valence-corrected chi connectivity index (χ1v) is 8.82. The molecule has 0 radical (unpaired) electrons. The average Bonchev–Trinajstić information content (AvgIpc) is 2.68. The van der Waals surface area contributed by atoms with Crippen molar-refractivity contribution in [3.63, 3.8) is 0 Å². The Hall–Kier alpha value is -2.94. The maximum Gasteiger partial charge on any atom is 0.416 e. The van der Waals surface area contributed by atoms with Crippen molar-refractivity contribution in [1.29, 1.82) is 0 Å². The molecule has 0 amide bonds. The van der Waals surface area contributed by atoms with Gasteiger partial charge in [-0.3, -0.25) is 9.78 Å². The molecule has 28 heavy (non-hydrogen) atoms. The molecule has 146 valence electrons. The van der Waals surface area contributed by atoms with E-state index in [-0.39, 0.29) is 11.5 Å². The van der Waals surface area contributed by atoms with Crippen molar-refractivity contribution in [2.45, 2.75) is 6.18 Å². The number of likely N-dealkylation sites (N-methyl/N-ethyl adjacent to an activating group) is 1. The lowest BCUT2D eigenvalue weighted by molar-refractivity contribution is -0.137. The maximum absolute atomic E-state index is 12.9. The number of aromatic amines is 1. The lowest BCUT2D eigenvalue weighted by atomic mass is 10.1. The van der Waals surface area contributed by atoms with Crippen LogP contribution in [-0.4, -0.2) is 53.1 Å². The highest BCUT2D eigenvalue weighted by molar-refractivity contribution is 5.83. The van der Waals surface area contributed by atoms with Crippen molar-refractivity contribution in [3.8, 4) is 11.5 Å². The number of aromatic nitrogens is 3. The van der Waals surface area contributed by atoms with Crippen molar-refractivity contribution >= 4 is 16.6 Å². The summed E-state index contributed by atoms with van der Waals surface area (Å²) in [7, 11) is 2.07. The van der Waals surface area contributed by atoms with Crippen molar-refractivity contribution in [2.75, 3.05) is 38.1 Å². The SMILES string of the molecule is CN1CCN(c2ccc3nc(-c4cc(C(F)(F)F)ccn4)[nH]c(=O)c3c2)CC1. The third-order valence-corrected chi connectivity index (χ3v) is 4.89. The van der Waals surface area contributed by atoms with Crippen LogP contribution in [0.15, 0.2) is 41.3 Å². The zero-order chi connectivity index (χ0) is 19.9. The molecule has 1 N–H and O–H groups in total. The molecule has 4 rings (SSSR count). The Kier molecular flexibility index (Phi) is 4.54. The van der Waals surface area contributed by atoms with Crippen LogP contribution in [0.5, 0.6) is 0 Å². The molecule has 1 fully saturated rings. The molecule has 6 nitrogen and oxygen atoms in total. The Balaban J connectivity index is 1.72. The predicted molar refractivity (Wildman–Crippen MR) is 100 cm³/mol. The van der Waals surface area contributed by atoms with E-state index in [1.807, 2.05) is 6.07 Å². The van der Waals surface area contributed by atoms with Gasteiger partial charge in [0.25, 0.3) is 5.56 Å². The summed E-state index contributed by atoms with van der Waals surface area (Å²) in [5, 5.41) is 0.396. The number of rotatable bonds is 2. The van der Waals surface area contributed by atoms with Gasteiger partial charge >= 0.3 is 6.18 Å². The minimum absolute atomic E-state index is 0.0101. The third-order valence-electron chi connectivity index (χ3n) is 4.89. The summed E-state index contributed by atoms with van der Waals surface area (Å²) in [5.41, 5.74) is 0.0616. The van der Waals surface area contributed by atoms with Gasteiger partial charge in [-0.2, -0.15) is 13.2 Å². The molecule has 1 aliphatic heterocycles. The van der Waals surface area contributed by atoms with Gasteiger partial charge in [0.1, 0.15) is 5.69 Å². The quantitative estimate of drug-likeness (QED) is 0.730. The molecule has 1 aromatic carbocycles. The first-order chi connectivity index (χ1) is 13.3. The third kappa shape index (κ3) is 3.57. The van der Waals surface area contributed by atoms with E-state index < -0.39 is 17.3 Å². The summed E-state index contributed by atoms with van der Waals surface area (Å²) in [6, 6.07) is 7.13. The molecule has 3 aromatic rings. The van der Waals surface area contributed by atoms with Crippen LogP contribution in [0.25, 0.3) is 22.4 Å². The van der Waals surface area contributed by atoms with Crippen molar-refractivity contribution in [3.05, 3.63) is 52.4 Å². The van der Waals surface area contributed by atoms with Crippen LogP contribution in [-0.2, 0) is 6.18 Å². The number of nitrogens with one attached hydrogen (secondary N) is 1. The highest BCUT2D eigenvalue weighted by Crippen LogP contribution is 2.30. The minimum Gasteiger partial charge on any atom is -0.369 e. The average molecular weight is 389 g/mol. The zero-order valence-electron chi connectivity index (χ0n) is 15.1. The van der Waals surface area contributed by atoms with Gasteiger partial charge in [0, 0.05) is 38.1 Å². The smallest absolute Gasteiger partial charge is 0.369 e. The number of benzene rings is 1. The van der Waals surface area contributed by atoms with Gasteiger partial charge in [0.2, 0.25) is 0 Å². The van der Waals surface area contributed by atoms with Crippen LogP contribution >= 0.6 is 0 Å². The van der Waals surface area contributed by atoms with E-state index in [2.05, 4.69) is 31.8 Å². The van der Waals surface area contributed by atoms with Crippen LogP contribution in [0.1, 0.15) is 5.56 Å². The molecule has 0 atom stereocenters. The number of pyridine rings is 1. The molecule has 3 heterocycles. The number of halogens is 3. The molecule has 1 aliphatic rings. The molecule has 0 bridgehead atoms. The summed E-state index contributed by atoms with van der Waals surface area (Å²) in [5.74, 6) is 0.0101. The van der Waals surface area contributed by atoms with Gasteiger partial charge in [-0.1, -0.05) is 0 Å². The fraction of sp³-hybridized carbons (Fsp3) is 0.316. The number of fused-ring (bicyclic) bond motifs is 1. The molecule has 2 aromatic heterocycles. The molecular formula is C19H18F3N5O. The minimum atomic E-state index is -4.49. The van der Waals surface area contributed by atoms with Crippen molar-refractivity contribution < 1.29 is 13.2 Å². The van der Waals surface area contributed by atoms with E-state index in [0.29, 0.717) is 10.9 Å². The highest BCUT2D eigenvalue weighted by atomic mass is 19.4. The van der Waals surface area contributed by atoms with E-state index in [9.17, 15) is 18.0 Å². The Morgan fingerprint density at radius 1 is 1.07 bits per heavy atom. The Morgan fingerprint density at radius 2 is 1.82 bits per heavy atom. The molecule has 0 saturated carbocycles. The number of hydrogen-bond donors (Lipinski definition) is 1. The highest BCUT2D eigenvalue weighted by Gasteiger charge is 2.31. The molecule has 0 aliphatic carbocycles. The predicted octanol–water partition coefficient (Wildman–Crippen LogP) is 2.76. The van der Waals surface area contributed by atoms with E-state index in [1.165, 1.54) is 0 Å². The topological polar surface area (TPSA) is 65.1 Å². The van der Waals surface area contributed by atoms with Gasteiger partial charge in [-0.25, -0.2) is 4.98 Å². The molecule has 9 heteroatoms. The summed E-state index contributed by atoms with van der Waals surface area (Å²) in [6.45, 7) is 3.60. The Labute approximate surface area is 158 Å². The molecule has 0 spiro atoms. The van der Waals surface area contributed by atoms with Gasteiger partial charge in [0.15, 0.2) is 5.82 Å². The Morgan fingerprint density at radius 3 is 2.54 bits per heavy atom. The van der Waals surface area contributed by atoms with Gasteiger partial charge < -0.3 is 14.8 Å². The van der Waals surface area contributed by atoms with Crippen LogP contribution in [0.4, 0.5) is 18.9 Å². The molecular weight excluding hydrogens is 371 g/mol. The van der Waals surface area contributed by atoms with Crippen LogP contribution in [0, 0.1) is 0 Å². The summed E-state index contributed by atoms with van der Waals surface area (Å²) in [4.78, 5) is 27.8. The van der Waals surface area contributed by atoms with Gasteiger partial charge in [-0.15, -0.1) is 0 Å².